The van der Waals surface area contributed by atoms with E-state index in [2.05, 4.69) is 5.32 Å². The normalized spacial score (nSPS) is 16.2. The first kappa shape index (κ1) is 18.2. The molecule has 1 aliphatic carbocycles. The number of anilines is 1. The van der Waals surface area contributed by atoms with E-state index in [0.717, 1.165) is 54.1 Å². The Labute approximate surface area is 173 Å². The molecule has 0 bridgehead atoms. The van der Waals surface area contributed by atoms with Gasteiger partial charge < -0.3 is 14.6 Å². The molecule has 0 unspecified atom stereocenters. The molecule has 5 rings (SSSR count). The molecule has 1 saturated carbocycles. The van der Waals surface area contributed by atoms with Crippen LogP contribution in [0, 0.1) is 5.92 Å². The maximum atomic E-state index is 12.6. The van der Waals surface area contributed by atoms with Crippen molar-refractivity contribution in [1.82, 2.24) is 4.90 Å². The van der Waals surface area contributed by atoms with Crippen molar-refractivity contribution in [2.45, 2.75) is 32.2 Å². The lowest BCUT2D eigenvalue weighted by Crippen LogP contribution is -2.41. The molecule has 148 valence electrons. The summed E-state index contributed by atoms with van der Waals surface area (Å²) >= 11 is 1.42. The Morgan fingerprint density at radius 2 is 2.03 bits per heavy atom. The number of thiophene rings is 1. The first-order valence-electron chi connectivity index (χ1n) is 10.0. The fourth-order valence-electron chi connectivity index (χ4n) is 3.93. The summed E-state index contributed by atoms with van der Waals surface area (Å²) in [6.07, 6.45) is 3.99. The highest BCUT2D eigenvalue weighted by Gasteiger charge is 2.32. The van der Waals surface area contributed by atoms with Gasteiger partial charge in [-0.15, -0.1) is 11.3 Å². The molecule has 2 aliphatic rings. The molecule has 6 heteroatoms. The van der Waals surface area contributed by atoms with Crippen LogP contribution < -0.4 is 5.32 Å². The monoisotopic (exact) mass is 406 g/mol. The molecule has 1 fully saturated rings. The average Bonchev–Trinajstić information content (AvgIpc) is 3.36. The molecule has 1 aromatic carbocycles. The van der Waals surface area contributed by atoms with Crippen molar-refractivity contribution in [2.24, 2.45) is 5.92 Å². The van der Waals surface area contributed by atoms with Gasteiger partial charge >= 0.3 is 0 Å². The van der Waals surface area contributed by atoms with Gasteiger partial charge in [0, 0.05) is 42.2 Å². The molecule has 1 aliphatic heterocycles. The van der Waals surface area contributed by atoms with E-state index in [9.17, 15) is 9.59 Å². The van der Waals surface area contributed by atoms with Crippen molar-refractivity contribution in [3.63, 3.8) is 0 Å². The zero-order valence-electron chi connectivity index (χ0n) is 16.0. The molecule has 3 aromatic rings. The van der Waals surface area contributed by atoms with Crippen LogP contribution in [0.15, 0.2) is 52.3 Å². The van der Waals surface area contributed by atoms with E-state index in [1.54, 1.807) is 6.07 Å². The largest absolute Gasteiger partial charge is 0.461 e. The van der Waals surface area contributed by atoms with Gasteiger partial charge in [-0.25, -0.2) is 0 Å². The number of benzene rings is 1. The average molecular weight is 407 g/mol. The van der Waals surface area contributed by atoms with Crippen LogP contribution in [-0.2, 0) is 17.8 Å². The van der Waals surface area contributed by atoms with Gasteiger partial charge in [-0.05, 0) is 42.5 Å². The first-order valence-corrected chi connectivity index (χ1v) is 10.9. The highest BCUT2D eigenvalue weighted by Crippen LogP contribution is 2.33. The fraction of sp³-hybridized carbons (Fsp3) is 0.304. The summed E-state index contributed by atoms with van der Waals surface area (Å²) in [6, 6.07) is 13.4. The van der Waals surface area contributed by atoms with Crippen LogP contribution in [0.3, 0.4) is 0 Å². The summed E-state index contributed by atoms with van der Waals surface area (Å²) in [6.45, 7) is 1.36. The van der Waals surface area contributed by atoms with Gasteiger partial charge in [0.1, 0.15) is 11.5 Å². The molecule has 2 amide bonds. The van der Waals surface area contributed by atoms with Gasteiger partial charge in [-0.1, -0.05) is 24.6 Å². The van der Waals surface area contributed by atoms with E-state index < -0.39 is 0 Å². The molecule has 0 saturated heterocycles. The molecule has 5 nitrogen and oxygen atoms in total. The van der Waals surface area contributed by atoms with E-state index in [0.29, 0.717) is 17.3 Å². The van der Waals surface area contributed by atoms with Crippen LogP contribution in [0.2, 0.25) is 0 Å². The third-order valence-electron chi connectivity index (χ3n) is 5.78. The Morgan fingerprint density at radius 1 is 1.14 bits per heavy atom. The molecule has 0 radical (unpaired) electrons. The van der Waals surface area contributed by atoms with E-state index in [4.69, 9.17) is 4.42 Å². The van der Waals surface area contributed by atoms with Crippen molar-refractivity contribution < 1.29 is 14.0 Å². The summed E-state index contributed by atoms with van der Waals surface area (Å²) in [5.41, 5.74) is 2.74. The number of fused-ring (bicyclic) bond motifs is 1. The van der Waals surface area contributed by atoms with Gasteiger partial charge in [-0.3, -0.25) is 9.59 Å². The standard InChI is InChI=1S/C23H22N2O3S/c26-22(21-8-3-11-29-21)24-18-7-2-6-16(12-18)20-13-17-14-25(10-9-19(17)28-20)23(27)15-4-1-5-15/h2-3,6-8,11-13,15H,1,4-5,9-10,14H2,(H,24,26). The summed E-state index contributed by atoms with van der Waals surface area (Å²) in [5.74, 6) is 2.15. The quantitative estimate of drug-likeness (QED) is 0.667. The minimum absolute atomic E-state index is 0.110. The zero-order valence-corrected chi connectivity index (χ0v) is 16.8. The Balaban J connectivity index is 1.33. The minimum Gasteiger partial charge on any atom is -0.461 e. The van der Waals surface area contributed by atoms with Crippen molar-refractivity contribution in [3.05, 3.63) is 64.0 Å². The predicted molar refractivity (Wildman–Crippen MR) is 113 cm³/mol. The lowest BCUT2D eigenvalue weighted by atomic mass is 9.84. The maximum absolute atomic E-state index is 12.6. The lowest BCUT2D eigenvalue weighted by molar-refractivity contribution is -0.139. The molecular formula is C23H22N2O3S. The smallest absolute Gasteiger partial charge is 0.265 e. The molecule has 0 atom stereocenters. The number of nitrogens with one attached hydrogen (secondary N) is 1. The van der Waals surface area contributed by atoms with E-state index in [1.165, 1.54) is 17.8 Å². The van der Waals surface area contributed by atoms with Crippen molar-refractivity contribution >= 4 is 28.8 Å². The van der Waals surface area contributed by atoms with Crippen LogP contribution in [-0.4, -0.2) is 23.3 Å². The van der Waals surface area contributed by atoms with Gasteiger partial charge in [-0.2, -0.15) is 0 Å². The predicted octanol–water partition coefficient (Wildman–Crippen LogP) is 4.95. The van der Waals surface area contributed by atoms with Crippen molar-refractivity contribution in [3.8, 4) is 11.3 Å². The number of hydrogen-bond donors (Lipinski definition) is 1. The van der Waals surface area contributed by atoms with Gasteiger partial charge in [0.25, 0.3) is 5.91 Å². The van der Waals surface area contributed by atoms with Crippen LogP contribution in [0.25, 0.3) is 11.3 Å². The molecule has 0 spiro atoms. The third-order valence-corrected chi connectivity index (χ3v) is 6.65. The molecule has 29 heavy (non-hydrogen) atoms. The van der Waals surface area contributed by atoms with Gasteiger partial charge in [0.05, 0.1) is 4.88 Å². The van der Waals surface area contributed by atoms with Crippen molar-refractivity contribution in [1.29, 1.82) is 0 Å². The summed E-state index contributed by atoms with van der Waals surface area (Å²) < 4.78 is 6.10. The number of hydrogen-bond acceptors (Lipinski definition) is 4. The first-order chi connectivity index (χ1) is 14.2. The second kappa shape index (κ2) is 7.52. The second-order valence-electron chi connectivity index (χ2n) is 7.71. The van der Waals surface area contributed by atoms with Crippen LogP contribution in [0.5, 0.6) is 0 Å². The number of amides is 2. The molecule has 3 heterocycles. The van der Waals surface area contributed by atoms with Gasteiger partial charge in [0.2, 0.25) is 5.91 Å². The minimum atomic E-state index is -0.110. The maximum Gasteiger partial charge on any atom is 0.265 e. The Hall–Kier alpha value is -2.86. The molecular weight excluding hydrogens is 384 g/mol. The summed E-state index contributed by atoms with van der Waals surface area (Å²) in [7, 11) is 0. The number of rotatable bonds is 4. The SMILES string of the molecule is O=C(Nc1cccc(-c2cc3c(o2)CCN(C(=O)C2CCC2)C3)c1)c1cccs1. The Morgan fingerprint density at radius 3 is 2.79 bits per heavy atom. The van der Waals surface area contributed by atoms with Gasteiger partial charge in [0.15, 0.2) is 0 Å². The van der Waals surface area contributed by atoms with Crippen LogP contribution in [0.4, 0.5) is 5.69 Å². The summed E-state index contributed by atoms with van der Waals surface area (Å²) in [4.78, 5) is 27.5. The third kappa shape index (κ3) is 3.60. The summed E-state index contributed by atoms with van der Waals surface area (Å²) in [5, 5.41) is 4.83. The second-order valence-corrected chi connectivity index (χ2v) is 8.66. The van der Waals surface area contributed by atoms with E-state index >= 15 is 0 Å². The number of carbonyl (C=O) groups excluding carboxylic acids is 2. The molecule has 1 N–H and O–H groups in total. The highest BCUT2D eigenvalue weighted by atomic mass is 32.1. The Kier molecular flexibility index (Phi) is 4.72. The lowest BCUT2D eigenvalue weighted by Gasteiger charge is -2.33. The van der Waals surface area contributed by atoms with Crippen LogP contribution in [0.1, 0.15) is 40.3 Å². The van der Waals surface area contributed by atoms with E-state index in [-0.39, 0.29) is 11.8 Å². The van der Waals surface area contributed by atoms with Crippen LogP contribution >= 0.6 is 11.3 Å². The molecule has 2 aromatic heterocycles. The number of carbonyl (C=O) groups is 2. The number of nitrogens with zero attached hydrogens (tertiary/aromatic N) is 1. The zero-order chi connectivity index (χ0) is 19.8. The van der Waals surface area contributed by atoms with Crippen molar-refractivity contribution in [2.75, 3.05) is 11.9 Å². The van der Waals surface area contributed by atoms with E-state index in [1.807, 2.05) is 46.7 Å². The Bertz CT molecular complexity index is 1050. The highest BCUT2D eigenvalue weighted by molar-refractivity contribution is 7.12. The number of furan rings is 1. The fourth-order valence-corrected chi connectivity index (χ4v) is 4.55. The topological polar surface area (TPSA) is 62.6 Å².